The molecule has 0 fully saturated rings. The van der Waals surface area contributed by atoms with Gasteiger partial charge in [0.2, 0.25) is 11.1 Å². The first-order valence-electron chi connectivity index (χ1n) is 8.17. The molecule has 2 aromatic rings. The number of hydrogen-bond donors (Lipinski definition) is 1. The van der Waals surface area contributed by atoms with Gasteiger partial charge in [-0.25, -0.2) is 4.68 Å². The third kappa shape index (κ3) is 2.45. The fourth-order valence-corrected chi connectivity index (χ4v) is 3.97. The molecule has 0 radical (unpaired) electrons. The van der Waals surface area contributed by atoms with Gasteiger partial charge >= 0.3 is 0 Å². The first kappa shape index (κ1) is 15.4. The predicted molar refractivity (Wildman–Crippen MR) is 95.2 cm³/mol. The van der Waals surface area contributed by atoms with Crippen LogP contribution in [0.25, 0.3) is 0 Å². The van der Waals surface area contributed by atoms with Crippen molar-refractivity contribution >= 4 is 23.5 Å². The molecule has 0 amide bonds. The number of fused-ring (bicyclic) bond motifs is 1. The summed E-state index contributed by atoms with van der Waals surface area (Å²) in [5.74, 6) is 1.30. The van der Waals surface area contributed by atoms with Crippen molar-refractivity contribution in [3.63, 3.8) is 0 Å². The summed E-state index contributed by atoms with van der Waals surface area (Å²) in [6, 6.07) is 8.12. The van der Waals surface area contributed by atoms with E-state index in [1.54, 1.807) is 0 Å². The van der Waals surface area contributed by atoms with Gasteiger partial charge in [0.1, 0.15) is 6.04 Å². The average Bonchev–Trinajstić information content (AvgIpc) is 2.95. The number of allylic oxidation sites excluding steroid dienone is 2. The minimum Gasteiger partial charge on any atom is -0.328 e. The lowest BCUT2D eigenvalue weighted by Gasteiger charge is -2.34. The molecule has 1 aliphatic carbocycles. The Morgan fingerprint density at radius 3 is 2.92 bits per heavy atom. The molecule has 4 rings (SSSR count). The summed E-state index contributed by atoms with van der Waals surface area (Å²) in [4.78, 5) is 17.4. The lowest BCUT2D eigenvalue weighted by molar-refractivity contribution is -0.117. The molecular weight excluding hydrogens is 320 g/mol. The summed E-state index contributed by atoms with van der Waals surface area (Å²) in [6.45, 7) is 4.19. The van der Waals surface area contributed by atoms with Crippen molar-refractivity contribution in [2.24, 2.45) is 5.92 Å². The molecule has 1 aliphatic heterocycles. The topological polar surface area (TPSA) is 59.8 Å². The van der Waals surface area contributed by atoms with E-state index in [9.17, 15) is 4.79 Å². The molecule has 1 aromatic carbocycles. The molecule has 2 atom stereocenters. The van der Waals surface area contributed by atoms with Gasteiger partial charge in [0.25, 0.3) is 0 Å². The SMILES string of the molecule is CSc1nc2n(n1)[C@@H](c1cccc(C)c1)C1=C(C[C@H](C)CC1=O)N2. The van der Waals surface area contributed by atoms with Gasteiger partial charge in [0.15, 0.2) is 5.78 Å². The number of hydrogen-bond acceptors (Lipinski definition) is 5. The van der Waals surface area contributed by atoms with Crippen molar-refractivity contribution in [1.29, 1.82) is 0 Å². The van der Waals surface area contributed by atoms with Crippen LogP contribution in [0, 0.1) is 12.8 Å². The monoisotopic (exact) mass is 340 g/mol. The minimum absolute atomic E-state index is 0.190. The van der Waals surface area contributed by atoms with Gasteiger partial charge in [-0.05, 0) is 31.1 Å². The van der Waals surface area contributed by atoms with Crippen LogP contribution in [0.15, 0.2) is 40.7 Å². The van der Waals surface area contributed by atoms with Gasteiger partial charge in [-0.3, -0.25) is 4.79 Å². The van der Waals surface area contributed by atoms with E-state index in [4.69, 9.17) is 0 Å². The molecule has 6 heteroatoms. The van der Waals surface area contributed by atoms with Crippen LogP contribution >= 0.6 is 11.8 Å². The zero-order chi connectivity index (χ0) is 16.8. The molecule has 0 spiro atoms. The fourth-order valence-electron chi connectivity index (χ4n) is 3.62. The van der Waals surface area contributed by atoms with Crippen LogP contribution in [0.1, 0.15) is 36.9 Å². The number of rotatable bonds is 2. The molecule has 5 nitrogen and oxygen atoms in total. The number of aromatic nitrogens is 3. The quantitative estimate of drug-likeness (QED) is 0.847. The van der Waals surface area contributed by atoms with Crippen molar-refractivity contribution in [2.45, 2.75) is 37.9 Å². The Kier molecular flexibility index (Phi) is 3.72. The number of nitrogens with zero attached hydrogens (tertiary/aromatic N) is 3. The molecule has 1 N–H and O–H groups in total. The van der Waals surface area contributed by atoms with Crippen molar-refractivity contribution in [3.05, 3.63) is 46.7 Å². The number of anilines is 1. The van der Waals surface area contributed by atoms with Crippen LogP contribution in [-0.4, -0.2) is 26.8 Å². The molecule has 0 unspecified atom stereocenters. The molecule has 2 aliphatic rings. The van der Waals surface area contributed by atoms with Crippen LogP contribution in [0.3, 0.4) is 0 Å². The number of carbonyl (C=O) groups excluding carboxylic acids is 1. The number of carbonyl (C=O) groups is 1. The van der Waals surface area contributed by atoms with Crippen molar-refractivity contribution < 1.29 is 4.79 Å². The van der Waals surface area contributed by atoms with Gasteiger partial charge in [0.05, 0.1) is 0 Å². The zero-order valence-electron chi connectivity index (χ0n) is 14.0. The smallest absolute Gasteiger partial charge is 0.227 e. The Bertz CT molecular complexity index is 854. The fraction of sp³-hybridized carbons (Fsp3) is 0.389. The van der Waals surface area contributed by atoms with E-state index >= 15 is 0 Å². The highest BCUT2D eigenvalue weighted by Crippen LogP contribution is 2.41. The highest BCUT2D eigenvalue weighted by atomic mass is 32.2. The molecule has 124 valence electrons. The molecule has 0 saturated carbocycles. The van der Waals surface area contributed by atoms with Gasteiger partial charge in [0, 0.05) is 17.7 Å². The summed E-state index contributed by atoms with van der Waals surface area (Å²) < 4.78 is 1.87. The normalized spacial score (nSPS) is 22.9. The average molecular weight is 340 g/mol. The second kappa shape index (κ2) is 5.77. The largest absolute Gasteiger partial charge is 0.328 e. The Hall–Kier alpha value is -2.08. The van der Waals surface area contributed by atoms with Crippen LogP contribution in [0.2, 0.25) is 0 Å². The third-order valence-corrected chi connectivity index (χ3v) is 5.18. The first-order chi connectivity index (χ1) is 11.6. The molecule has 24 heavy (non-hydrogen) atoms. The van der Waals surface area contributed by atoms with E-state index in [0.717, 1.165) is 34.4 Å². The van der Waals surface area contributed by atoms with Gasteiger partial charge in [-0.15, -0.1) is 5.10 Å². The Morgan fingerprint density at radius 1 is 1.33 bits per heavy atom. The maximum absolute atomic E-state index is 12.8. The Balaban J connectivity index is 1.92. The van der Waals surface area contributed by atoms with Gasteiger partial charge in [-0.1, -0.05) is 48.5 Å². The van der Waals surface area contributed by atoms with Crippen molar-refractivity contribution in [2.75, 3.05) is 11.6 Å². The highest BCUT2D eigenvalue weighted by molar-refractivity contribution is 7.98. The second-order valence-corrected chi connectivity index (χ2v) is 7.41. The van der Waals surface area contributed by atoms with E-state index in [1.807, 2.05) is 17.0 Å². The zero-order valence-corrected chi connectivity index (χ0v) is 14.9. The maximum Gasteiger partial charge on any atom is 0.227 e. The molecule has 0 bridgehead atoms. The van der Waals surface area contributed by atoms with E-state index in [2.05, 4.69) is 47.4 Å². The number of nitrogens with one attached hydrogen (secondary N) is 1. The van der Waals surface area contributed by atoms with E-state index < -0.39 is 0 Å². The van der Waals surface area contributed by atoms with E-state index in [0.29, 0.717) is 12.3 Å². The van der Waals surface area contributed by atoms with Crippen LogP contribution < -0.4 is 5.32 Å². The van der Waals surface area contributed by atoms with E-state index in [-0.39, 0.29) is 11.8 Å². The molecule has 0 saturated heterocycles. The molecule has 2 heterocycles. The minimum atomic E-state index is -0.190. The highest BCUT2D eigenvalue weighted by Gasteiger charge is 2.38. The number of Topliss-reactive ketones (excluding diaryl/α,β-unsaturated/α-hetero) is 1. The number of thioether (sulfide) groups is 1. The maximum atomic E-state index is 12.8. The summed E-state index contributed by atoms with van der Waals surface area (Å²) >= 11 is 1.51. The lowest BCUT2D eigenvalue weighted by Crippen LogP contribution is -2.33. The van der Waals surface area contributed by atoms with Crippen LogP contribution in [0.4, 0.5) is 5.95 Å². The summed E-state index contributed by atoms with van der Waals surface area (Å²) in [7, 11) is 0. The van der Waals surface area contributed by atoms with Gasteiger partial charge < -0.3 is 5.32 Å². The van der Waals surface area contributed by atoms with Gasteiger partial charge in [-0.2, -0.15) is 4.98 Å². The second-order valence-electron chi connectivity index (χ2n) is 6.64. The number of aryl methyl sites for hydroxylation is 1. The molecule has 1 aromatic heterocycles. The first-order valence-corrected chi connectivity index (χ1v) is 9.39. The number of ketones is 1. The third-order valence-electron chi connectivity index (χ3n) is 4.64. The lowest BCUT2D eigenvalue weighted by atomic mass is 9.81. The predicted octanol–water partition coefficient (Wildman–Crippen LogP) is 3.58. The Labute approximate surface area is 145 Å². The van der Waals surface area contributed by atoms with Crippen molar-refractivity contribution in [1.82, 2.24) is 14.8 Å². The van der Waals surface area contributed by atoms with E-state index in [1.165, 1.54) is 17.3 Å². The van der Waals surface area contributed by atoms with Crippen LogP contribution in [0.5, 0.6) is 0 Å². The summed E-state index contributed by atoms with van der Waals surface area (Å²) in [6.07, 6.45) is 3.44. The van der Waals surface area contributed by atoms with Crippen molar-refractivity contribution in [3.8, 4) is 0 Å². The molecular formula is C18H20N4OS. The standard InChI is InChI=1S/C18H20N4OS/c1-10-5-4-6-12(7-10)16-15-13(8-11(2)9-14(15)23)19-17-20-18(24-3)21-22(16)17/h4-7,11,16H,8-9H2,1-3H3,(H,19,20,21)/t11-,16-/m0/s1. The van der Waals surface area contributed by atoms with Crippen LogP contribution in [-0.2, 0) is 4.79 Å². The number of benzene rings is 1. The Morgan fingerprint density at radius 2 is 2.17 bits per heavy atom. The summed E-state index contributed by atoms with van der Waals surface area (Å²) in [5.41, 5.74) is 4.13. The summed E-state index contributed by atoms with van der Waals surface area (Å²) in [5, 5.41) is 8.70.